The van der Waals surface area contributed by atoms with Crippen molar-refractivity contribution in [2.24, 2.45) is 5.10 Å². The minimum Gasteiger partial charge on any atom is -0.490 e. The van der Waals surface area contributed by atoms with Crippen LogP contribution < -0.4 is 20.2 Å². The summed E-state index contributed by atoms with van der Waals surface area (Å²) in [4.78, 5) is 12.0. The number of rotatable bonds is 10. The van der Waals surface area contributed by atoms with Crippen LogP contribution in [-0.4, -0.2) is 25.3 Å². The average molecular weight is 598 g/mol. The third kappa shape index (κ3) is 7.80. The Bertz CT molecular complexity index is 1120. The minimum absolute atomic E-state index is 0.0789. The topological polar surface area (TPSA) is 72.0 Å². The number of carbonyl (C=O) groups is 1. The highest BCUT2D eigenvalue weighted by Crippen LogP contribution is 2.35. The molecule has 0 aliphatic rings. The van der Waals surface area contributed by atoms with E-state index >= 15 is 0 Å². The van der Waals surface area contributed by atoms with Gasteiger partial charge in [-0.1, -0.05) is 41.4 Å². The van der Waals surface area contributed by atoms with Gasteiger partial charge in [-0.2, -0.15) is 5.10 Å². The molecule has 0 saturated carbocycles. The SMILES string of the molecule is CCOc1cc(/C=N\NC(=O)CNc2ccc(Cl)cc2)cc(I)c1OCc1ccccc1Cl. The fourth-order valence-electron chi connectivity index (χ4n) is 2.80. The molecule has 0 aliphatic heterocycles. The van der Waals surface area contributed by atoms with E-state index < -0.39 is 0 Å². The van der Waals surface area contributed by atoms with Crippen molar-refractivity contribution in [1.82, 2.24) is 5.43 Å². The van der Waals surface area contributed by atoms with Gasteiger partial charge in [0, 0.05) is 21.3 Å². The van der Waals surface area contributed by atoms with Crippen molar-refractivity contribution in [3.63, 3.8) is 0 Å². The summed E-state index contributed by atoms with van der Waals surface area (Å²) in [5.74, 6) is 0.944. The molecule has 172 valence electrons. The van der Waals surface area contributed by atoms with Crippen LogP contribution in [0.5, 0.6) is 11.5 Å². The van der Waals surface area contributed by atoms with Crippen molar-refractivity contribution in [3.05, 3.63) is 85.4 Å². The largest absolute Gasteiger partial charge is 0.490 e. The van der Waals surface area contributed by atoms with E-state index in [1.807, 2.05) is 43.3 Å². The Kier molecular flexibility index (Phi) is 9.65. The van der Waals surface area contributed by atoms with Crippen LogP contribution in [0.3, 0.4) is 0 Å². The lowest BCUT2D eigenvalue weighted by Crippen LogP contribution is -2.25. The molecule has 33 heavy (non-hydrogen) atoms. The first-order chi connectivity index (χ1) is 16.0. The number of benzene rings is 3. The maximum absolute atomic E-state index is 12.0. The smallest absolute Gasteiger partial charge is 0.259 e. The summed E-state index contributed by atoms with van der Waals surface area (Å²) >= 11 is 14.3. The summed E-state index contributed by atoms with van der Waals surface area (Å²) in [6, 6.07) is 18.3. The van der Waals surface area contributed by atoms with Gasteiger partial charge in [-0.25, -0.2) is 5.43 Å². The Morgan fingerprint density at radius 3 is 2.58 bits per heavy atom. The van der Waals surface area contributed by atoms with Crippen molar-refractivity contribution in [2.75, 3.05) is 18.5 Å². The van der Waals surface area contributed by atoms with E-state index in [9.17, 15) is 4.79 Å². The van der Waals surface area contributed by atoms with Crippen LogP contribution in [-0.2, 0) is 11.4 Å². The monoisotopic (exact) mass is 597 g/mol. The minimum atomic E-state index is -0.277. The highest BCUT2D eigenvalue weighted by atomic mass is 127. The summed E-state index contributed by atoms with van der Waals surface area (Å²) in [6.45, 7) is 2.78. The first-order valence-electron chi connectivity index (χ1n) is 10.1. The van der Waals surface area contributed by atoms with E-state index in [0.29, 0.717) is 34.8 Å². The molecule has 0 bridgehead atoms. The number of nitrogens with one attached hydrogen (secondary N) is 2. The molecule has 0 spiro atoms. The number of halogens is 3. The molecule has 0 saturated heterocycles. The highest BCUT2D eigenvalue weighted by molar-refractivity contribution is 14.1. The van der Waals surface area contributed by atoms with Crippen LogP contribution in [0.15, 0.2) is 65.8 Å². The second-order valence-electron chi connectivity index (χ2n) is 6.80. The number of nitrogens with zero attached hydrogens (tertiary/aromatic N) is 1. The van der Waals surface area contributed by atoms with E-state index in [1.54, 1.807) is 30.5 Å². The Morgan fingerprint density at radius 1 is 1.09 bits per heavy atom. The van der Waals surface area contributed by atoms with E-state index in [1.165, 1.54) is 0 Å². The van der Waals surface area contributed by atoms with Crippen LogP contribution in [0.1, 0.15) is 18.1 Å². The van der Waals surface area contributed by atoms with Crippen molar-refractivity contribution >= 4 is 63.6 Å². The lowest BCUT2D eigenvalue weighted by Gasteiger charge is -2.15. The Morgan fingerprint density at radius 2 is 1.85 bits per heavy atom. The molecule has 9 heteroatoms. The molecule has 3 aromatic rings. The number of amides is 1. The Balaban J connectivity index is 1.61. The van der Waals surface area contributed by atoms with Gasteiger partial charge in [-0.3, -0.25) is 4.79 Å². The number of hydrogen-bond acceptors (Lipinski definition) is 5. The van der Waals surface area contributed by atoms with Gasteiger partial charge in [0.05, 0.1) is 22.9 Å². The van der Waals surface area contributed by atoms with Crippen LogP contribution in [0, 0.1) is 3.57 Å². The molecule has 0 fully saturated rings. The average Bonchev–Trinajstić information content (AvgIpc) is 2.79. The van der Waals surface area contributed by atoms with Gasteiger partial charge < -0.3 is 14.8 Å². The number of anilines is 1. The van der Waals surface area contributed by atoms with Gasteiger partial charge in [0.25, 0.3) is 5.91 Å². The van der Waals surface area contributed by atoms with Gasteiger partial charge in [0.1, 0.15) is 6.61 Å². The molecule has 3 aromatic carbocycles. The van der Waals surface area contributed by atoms with Crippen LogP contribution in [0.25, 0.3) is 0 Å². The molecular formula is C24H22Cl2IN3O3. The second kappa shape index (κ2) is 12.7. The van der Waals surface area contributed by atoms with Gasteiger partial charge in [0.15, 0.2) is 11.5 Å². The summed E-state index contributed by atoms with van der Waals surface area (Å²) in [6.07, 6.45) is 1.56. The zero-order valence-electron chi connectivity index (χ0n) is 17.8. The fourth-order valence-corrected chi connectivity index (χ4v) is 3.90. The zero-order valence-corrected chi connectivity index (χ0v) is 21.4. The van der Waals surface area contributed by atoms with Gasteiger partial charge >= 0.3 is 0 Å². The Hall–Kier alpha value is -2.49. The molecule has 3 rings (SSSR count). The number of hydrogen-bond donors (Lipinski definition) is 2. The normalized spacial score (nSPS) is 10.8. The van der Waals surface area contributed by atoms with Crippen LogP contribution in [0.4, 0.5) is 5.69 Å². The number of ether oxygens (including phenoxy) is 2. The fraction of sp³-hybridized carbons (Fsp3) is 0.167. The lowest BCUT2D eigenvalue weighted by atomic mass is 10.2. The lowest BCUT2D eigenvalue weighted by molar-refractivity contribution is -0.119. The van der Waals surface area contributed by atoms with E-state index in [2.05, 4.69) is 38.4 Å². The zero-order chi connectivity index (χ0) is 23.6. The Labute approximate surface area is 216 Å². The first-order valence-corrected chi connectivity index (χ1v) is 11.9. The van der Waals surface area contributed by atoms with Crippen LogP contribution >= 0.6 is 45.8 Å². The van der Waals surface area contributed by atoms with Gasteiger partial charge in [0.2, 0.25) is 0 Å². The molecule has 0 atom stereocenters. The van der Waals surface area contributed by atoms with Crippen molar-refractivity contribution in [1.29, 1.82) is 0 Å². The molecule has 0 radical (unpaired) electrons. The number of hydrazone groups is 1. The van der Waals surface area contributed by atoms with E-state index in [0.717, 1.165) is 20.4 Å². The molecular weight excluding hydrogens is 576 g/mol. The molecule has 6 nitrogen and oxygen atoms in total. The summed E-state index contributed by atoms with van der Waals surface area (Å²) in [5, 5.41) is 8.33. The predicted molar refractivity (Wildman–Crippen MR) is 142 cm³/mol. The van der Waals surface area contributed by atoms with Crippen molar-refractivity contribution in [3.8, 4) is 11.5 Å². The van der Waals surface area contributed by atoms with Crippen molar-refractivity contribution < 1.29 is 14.3 Å². The van der Waals surface area contributed by atoms with Gasteiger partial charge in [-0.05, 0) is 77.5 Å². The van der Waals surface area contributed by atoms with Crippen LogP contribution in [0.2, 0.25) is 10.0 Å². The number of carbonyl (C=O) groups excluding carboxylic acids is 1. The van der Waals surface area contributed by atoms with Crippen molar-refractivity contribution in [2.45, 2.75) is 13.5 Å². The summed E-state index contributed by atoms with van der Waals surface area (Å²) in [7, 11) is 0. The maximum Gasteiger partial charge on any atom is 0.259 e. The van der Waals surface area contributed by atoms with E-state index in [-0.39, 0.29) is 12.5 Å². The standard InChI is InChI=1S/C24H22Cl2IN3O3/c1-2-32-22-12-16(11-21(27)24(22)33-15-17-5-3-4-6-20(17)26)13-29-30-23(31)14-28-19-9-7-18(25)8-10-19/h3-13,28H,2,14-15H2,1H3,(H,30,31)/b29-13-. The maximum atomic E-state index is 12.0. The van der Waals surface area contributed by atoms with E-state index in [4.69, 9.17) is 32.7 Å². The first kappa shape index (κ1) is 25.1. The molecule has 0 aromatic heterocycles. The molecule has 0 heterocycles. The molecule has 0 aliphatic carbocycles. The molecule has 2 N–H and O–H groups in total. The summed E-state index contributed by atoms with van der Waals surface area (Å²) in [5.41, 5.74) is 4.95. The second-order valence-corrected chi connectivity index (χ2v) is 8.80. The molecule has 1 amide bonds. The molecule has 0 unspecified atom stereocenters. The quantitative estimate of drug-likeness (QED) is 0.167. The summed E-state index contributed by atoms with van der Waals surface area (Å²) < 4.78 is 12.6. The third-order valence-electron chi connectivity index (χ3n) is 4.36. The third-order valence-corrected chi connectivity index (χ3v) is 5.78. The van der Waals surface area contributed by atoms with Gasteiger partial charge in [-0.15, -0.1) is 0 Å². The predicted octanol–water partition coefficient (Wildman–Crippen LogP) is 6.14. The highest BCUT2D eigenvalue weighted by Gasteiger charge is 2.13.